The van der Waals surface area contributed by atoms with E-state index in [1.54, 1.807) is 0 Å². The summed E-state index contributed by atoms with van der Waals surface area (Å²) in [5.41, 5.74) is 0.365. The normalized spacial score (nSPS) is 10.9. The van der Waals surface area contributed by atoms with Crippen LogP contribution < -0.4 is 0 Å². The van der Waals surface area contributed by atoms with Crippen LogP contribution in [0.15, 0.2) is 24.3 Å². The summed E-state index contributed by atoms with van der Waals surface area (Å²) in [6.45, 7) is 9.86. The van der Waals surface area contributed by atoms with Gasteiger partial charge in [0.2, 0.25) is 0 Å². The molecule has 0 aliphatic carbocycles. The van der Waals surface area contributed by atoms with Crippen LogP contribution in [-0.4, -0.2) is 41.2 Å². The summed E-state index contributed by atoms with van der Waals surface area (Å²) < 4.78 is 10.7. The van der Waals surface area contributed by atoms with E-state index in [1.165, 1.54) is 13.8 Å². The maximum atomic E-state index is 11.9. The molecule has 0 bridgehead atoms. The van der Waals surface area contributed by atoms with Crippen molar-refractivity contribution in [2.45, 2.75) is 51.7 Å². The van der Waals surface area contributed by atoms with Crippen LogP contribution in [0.25, 0.3) is 0 Å². The highest BCUT2D eigenvalue weighted by molar-refractivity contribution is 5.89. The lowest BCUT2D eigenvalue weighted by molar-refractivity contribution is -0.230. The molecule has 0 aliphatic rings. The third-order valence-electron chi connectivity index (χ3n) is 2.94. The van der Waals surface area contributed by atoms with Gasteiger partial charge in [0.05, 0.1) is 0 Å². The number of ether oxygens (including phenoxy) is 2. The monoisotopic (exact) mass is 314 g/mol. The topological polar surface area (TPSA) is 93.1 Å². The minimum absolute atomic E-state index is 0.0149. The minimum atomic E-state index is -1.48. The molecule has 0 fully saturated rings. The summed E-state index contributed by atoms with van der Waals surface area (Å²) in [6, 6.07) is 0. The van der Waals surface area contributed by atoms with Gasteiger partial charge >= 0.3 is 11.9 Å². The molecule has 0 heterocycles. The minimum Gasteiger partial charge on any atom is -0.419 e. The predicted molar refractivity (Wildman–Crippen MR) is 81.8 cm³/mol. The molecular formula is C16H26O6. The Hall–Kier alpha value is -1.66. The number of aliphatic hydroxyl groups excluding tert-OH is 2. The van der Waals surface area contributed by atoms with Crippen LogP contribution in [0.4, 0.5) is 0 Å². The Balaban J connectivity index is 5.27. The molecule has 0 spiro atoms. The maximum absolute atomic E-state index is 11.9. The second-order valence-corrected chi connectivity index (χ2v) is 5.26. The van der Waals surface area contributed by atoms with Crippen LogP contribution in [-0.2, 0) is 19.1 Å². The first-order chi connectivity index (χ1) is 10.3. The lowest BCUT2D eigenvalue weighted by atomic mass is 10.0. The Morgan fingerprint density at radius 2 is 1.27 bits per heavy atom. The van der Waals surface area contributed by atoms with Gasteiger partial charge in [0.15, 0.2) is 0 Å². The van der Waals surface area contributed by atoms with Gasteiger partial charge in [-0.05, 0) is 33.1 Å². The Morgan fingerprint density at radius 1 is 0.864 bits per heavy atom. The number of hydrogen-bond acceptors (Lipinski definition) is 6. The lowest BCUT2D eigenvalue weighted by Crippen LogP contribution is -2.41. The SMILES string of the molecule is C=C(C)C(=O)OC(CCCO)(CCCCO)OC(=O)C(=C)C. The Bertz CT molecular complexity index is 385. The molecule has 0 aromatic heterocycles. The van der Waals surface area contributed by atoms with Crippen LogP contribution in [0.2, 0.25) is 0 Å². The van der Waals surface area contributed by atoms with E-state index in [4.69, 9.17) is 19.7 Å². The van der Waals surface area contributed by atoms with E-state index in [9.17, 15) is 9.59 Å². The van der Waals surface area contributed by atoms with Crippen molar-refractivity contribution in [1.29, 1.82) is 0 Å². The van der Waals surface area contributed by atoms with Crippen molar-refractivity contribution in [3.05, 3.63) is 24.3 Å². The average Bonchev–Trinajstić information content (AvgIpc) is 2.45. The molecule has 0 saturated carbocycles. The third-order valence-corrected chi connectivity index (χ3v) is 2.94. The predicted octanol–water partition coefficient (Wildman–Crippen LogP) is 1.86. The van der Waals surface area contributed by atoms with E-state index in [-0.39, 0.29) is 37.2 Å². The molecule has 22 heavy (non-hydrogen) atoms. The number of hydrogen-bond donors (Lipinski definition) is 2. The first kappa shape index (κ1) is 20.3. The highest BCUT2D eigenvalue weighted by Gasteiger charge is 2.38. The molecule has 0 aliphatic heterocycles. The van der Waals surface area contributed by atoms with Gasteiger partial charge in [-0.25, -0.2) is 9.59 Å². The number of carbonyl (C=O) groups is 2. The summed E-state index contributed by atoms with van der Waals surface area (Å²) in [6.07, 6.45) is 1.66. The van der Waals surface area contributed by atoms with Crippen molar-refractivity contribution in [3.8, 4) is 0 Å². The van der Waals surface area contributed by atoms with Gasteiger partial charge < -0.3 is 19.7 Å². The number of unbranched alkanes of at least 4 members (excludes halogenated alkanes) is 1. The summed E-state index contributed by atoms with van der Waals surface area (Å²) in [5, 5.41) is 17.9. The van der Waals surface area contributed by atoms with E-state index < -0.39 is 17.7 Å². The van der Waals surface area contributed by atoms with Crippen molar-refractivity contribution >= 4 is 11.9 Å². The number of rotatable bonds is 11. The second kappa shape index (κ2) is 10.1. The van der Waals surface area contributed by atoms with E-state index in [1.807, 2.05) is 0 Å². The third kappa shape index (κ3) is 7.38. The number of carbonyl (C=O) groups excluding carboxylic acids is 2. The molecule has 0 unspecified atom stereocenters. The van der Waals surface area contributed by atoms with Crippen molar-refractivity contribution in [2.75, 3.05) is 13.2 Å². The zero-order valence-electron chi connectivity index (χ0n) is 13.4. The molecule has 0 atom stereocenters. The fraction of sp³-hybridized carbons (Fsp3) is 0.625. The van der Waals surface area contributed by atoms with Gasteiger partial charge in [0.25, 0.3) is 5.79 Å². The zero-order chi connectivity index (χ0) is 17.2. The highest BCUT2D eigenvalue weighted by Crippen LogP contribution is 2.29. The largest absolute Gasteiger partial charge is 0.419 e. The molecular weight excluding hydrogens is 288 g/mol. The first-order valence-corrected chi connectivity index (χ1v) is 7.27. The van der Waals surface area contributed by atoms with Crippen LogP contribution in [0.5, 0.6) is 0 Å². The lowest BCUT2D eigenvalue weighted by Gasteiger charge is -2.33. The van der Waals surface area contributed by atoms with Crippen LogP contribution in [0.3, 0.4) is 0 Å². The molecule has 6 heteroatoms. The van der Waals surface area contributed by atoms with Gasteiger partial charge in [-0.15, -0.1) is 0 Å². The van der Waals surface area contributed by atoms with E-state index in [2.05, 4.69) is 13.2 Å². The fourth-order valence-corrected chi connectivity index (χ4v) is 1.72. The van der Waals surface area contributed by atoms with Crippen molar-refractivity contribution in [3.63, 3.8) is 0 Å². The van der Waals surface area contributed by atoms with Crippen molar-refractivity contribution in [1.82, 2.24) is 0 Å². The smallest absolute Gasteiger partial charge is 0.336 e. The van der Waals surface area contributed by atoms with Crippen LogP contribution >= 0.6 is 0 Å². The molecule has 0 rings (SSSR count). The van der Waals surface area contributed by atoms with Crippen molar-refractivity contribution < 1.29 is 29.3 Å². The Labute approximate surface area is 131 Å². The van der Waals surface area contributed by atoms with Gasteiger partial charge in [-0.1, -0.05) is 13.2 Å². The summed E-state index contributed by atoms with van der Waals surface area (Å²) in [5.74, 6) is -2.82. The quantitative estimate of drug-likeness (QED) is 0.262. The standard InChI is InChI=1S/C16H26O6/c1-12(2)14(19)21-16(9-7-11-18,8-5-6-10-17)22-15(20)13(3)4/h17-18H,1,3,5-11H2,2,4H3. The summed E-state index contributed by atoms with van der Waals surface area (Å²) in [7, 11) is 0. The molecule has 2 N–H and O–H groups in total. The van der Waals surface area contributed by atoms with Gasteiger partial charge in [0, 0.05) is 37.2 Å². The zero-order valence-corrected chi connectivity index (χ0v) is 13.4. The summed E-state index contributed by atoms with van der Waals surface area (Å²) in [4.78, 5) is 23.7. The number of aliphatic hydroxyl groups is 2. The molecule has 0 aromatic carbocycles. The second-order valence-electron chi connectivity index (χ2n) is 5.26. The van der Waals surface area contributed by atoms with E-state index >= 15 is 0 Å². The maximum Gasteiger partial charge on any atom is 0.336 e. The van der Waals surface area contributed by atoms with E-state index in [0.29, 0.717) is 19.3 Å². The summed E-state index contributed by atoms with van der Waals surface area (Å²) >= 11 is 0. The first-order valence-electron chi connectivity index (χ1n) is 7.27. The highest BCUT2D eigenvalue weighted by atomic mass is 16.7. The fourth-order valence-electron chi connectivity index (χ4n) is 1.72. The van der Waals surface area contributed by atoms with E-state index in [0.717, 1.165) is 0 Å². The van der Waals surface area contributed by atoms with Crippen LogP contribution in [0.1, 0.15) is 46.0 Å². The molecule has 0 saturated heterocycles. The molecule has 126 valence electrons. The van der Waals surface area contributed by atoms with Crippen LogP contribution in [0, 0.1) is 0 Å². The molecule has 0 amide bonds. The average molecular weight is 314 g/mol. The van der Waals surface area contributed by atoms with Gasteiger partial charge in [-0.3, -0.25) is 0 Å². The molecule has 0 aromatic rings. The Kier molecular flexibility index (Phi) is 9.37. The number of esters is 2. The Morgan fingerprint density at radius 3 is 1.64 bits per heavy atom. The molecule has 6 nitrogen and oxygen atoms in total. The van der Waals surface area contributed by atoms with Crippen molar-refractivity contribution in [2.24, 2.45) is 0 Å². The molecule has 0 radical (unpaired) electrons. The van der Waals surface area contributed by atoms with Gasteiger partial charge in [0.1, 0.15) is 0 Å². The van der Waals surface area contributed by atoms with Gasteiger partial charge in [-0.2, -0.15) is 0 Å².